The van der Waals surface area contributed by atoms with Gasteiger partial charge in [0.1, 0.15) is 31.2 Å². The Hall–Kier alpha value is -3.67. The van der Waals surface area contributed by atoms with Gasteiger partial charge in [0, 0.05) is 4.57 Å². The summed E-state index contributed by atoms with van der Waals surface area (Å²) in [6, 6.07) is 11.5. The standard InChI is InChI=1S/C26H31FN4O8P/c1-15(2)24(32)36-21-20(18-10-11-19-23(28)29-14-30-31(18)19)38-26(12-27,22(21)37-25(33)16(3)4)13-35-40(34)39-17-8-6-5-7-9-17/h5-11,14-16,20-22H,12-13H2,1-4H3,(H2,28,29,30)/q+1/t20-,21-,22-,26+/m0/s1. The lowest BCUT2D eigenvalue weighted by Crippen LogP contribution is -2.52. The first-order valence-electron chi connectivity index (χ1n) is 12.6. The van der Waals surface area contributed by atoms with Gasteiger partial charge in [-0.05, 0) is 24.3 Å². The van der Waals surface area contributed by atoms with E-state index in [0.717, 1.165) is 0 Å². The number of carbonyl (C=O) groups is 2. The van der Waals surface area contributed by atoms with E-state index < -0.39 is 69.2 Å². The molecule has 1 saturated heterocycles. The fraction of sp³-hybridized carbons (Fsp3) is 0.462. The number of esters is 2. The third-order valence-electron chi connectivity index (χ3n) is 6.28. The quantitative estimate of drug-likeness (QED) is 0.260. The number of hydrogen-bond donors (Lipinski definition) is 1. The Bertz CT molecular complexity index is 1370. The van der Waals surface area contributed by atoms with Crippen LogP contribution in [0.2, 0.25) is 0 Å². The minimum absolute atomic E-state index is 0.174. The molecule has 0 saturated carbocycles. The van der Waals surface area contributed by atoms with Crippen molar-refractivity contribution in [2.75, 3.05) is 19.0 Å². The molecule has 0 aliphatic carbocycles. The van der Waals surface area contributed by atoms with E-state index in [1.807, 2.05) is 0 Å². The first-order chi connectivity index (χ1) is 19.1. The van der Waals surface area contributed by atoms with E-state index in [-0.39, 0.29) is 11.6 Å². The lowest BCUT2D eigenvalue weighted by Gasteiger charge is -2.31. The minimum atomic E-state index is -2.78. The van der Waals surface area contributed by atoms with Crippen LogP contribution in [-0.2, 0) is 32.9 Å². The maximum atomic E-state index is 15.1. The molecule has 5 atom stereocenters. The molecule has 1 aromatic carbocycles. The molecule has 0 bridgehead atoms. The molecule has 0 radical (unpaired) electrons. The maximum Gasteiger partial charge on any atom is 0.750 e. The fourth-order valence-corrected chi connectivity index (χ4v) is 4.78. The first kappa shape index (κ1) is 29.3. The Kier molecular flexibility index (Phi) is 8.97. The van der Waals surface area contributed by atoms with Crippen LogP contribution in [0, 0.1) is 11.8 Å². The molecule has 0 spiro atoms. The summed E-state index contributed by atoms with van der Waals surface area (Å²) in [4.78, 5) is 29.6. The van der Waals surface area contributed by atoms with Gasteiger partial charge in [-0.2, -0.15) is 5.10 Å². The summed E-state index contributed by atoms with van der Waals surface area (Å²) in [5.74, 6) is -2.03. The highest BCUT2D eigenvalue weighted by atomic mass is 31.1. The summed E-state index contributed by atoms with van der Waals surface area (Å²) in [7, 11) is -2.78. The van der Waals surface area contributed by atoms with E-state index in [2.05, 4.69) is 10.1 Å². The molecule has 1 unspecified atom stereocenters. The average Bonchev–Trinajstić information content (AvgIpc) is 3.48. The van der Waals surface area contributed by atoms with E-state index in [1.165, 1.54) is 10.8 Å². The minimum Gasteiger partial charge on any atom is -0.455 e. The zero-order valence-corrected chi connectivity index (χ0v) is 23.3. The number of para-hydroxylation sites is 1. The van der Waals surface area contributed by atoms with Gasteiger partial charge in [-0.15, -0.1) is 4.52 Å². The van der Waals surface area contributed by atoms with Gasteiger partial charge in [0.2, 0.25) is 0 Å². The Labute approximate surface area is 230 Å². The molecule has 3 aromatic rings. The van der Waals surface area contributed by atoms with Crippen LogP contribution < -0.4 is 10.3 Å². The number of nitrogens with two attached hydrogens (primary N) is 1. The molecular formula is C26H31FN4O8P+. The summed E-state index contributed by atoms with van der Waals surface area (Å²) in [6.45, 7) is 4.55. The highest BCUT2D eigenvalue weighted by Gasteiger charge is 2.62. The molecule has 4 rings (SSSR count). The second kappa shape index (κ2) is 12.2. The predicted octanol–water partition coefficient (Wildman–Crippen LogP) is 3.98. The summed E-state index contributed by atoms with van der Waals surface area (Å²) < 4.78 is 57.5. The van der Waals surface area contributed by atoms with Gasteiger partial charge in [-0.25, -0.2) is 18.4 Å². The van der Waals surface area contributed by atoms with Gasteiger partial charge >= 0.3 is 20.2 Å². The van der Waals surface area contributed by atoms with Gasteiger partial charge in [0.25, 0.3) is 0 Å². The monoisotopic (exact) mass is 577 g/mol. The van der Waals surface area contributed by atoms with Crippen molar-refractivity contribution in [3.63, 3.8) is 0 Å². The molecular weight excluding hydrogens is 546 g/mol. The molecule has 2 aromatic heterocycles. The number of nitrogen functional groups attached to an aromatic ring is 1. The summed E-state index contributed by atoms with van der Waals surface area (Å²) in [5.41, 5.74) is 4.72. The molecule has 14 heteroatoms. The Morgan fingerprint density at radius 1 is 1.10 bits per heavy atom. The third kappa shape index (κ3) is 6.06. The van der Waals surface area contributed by atoms with E-state index in [0.29, 0.717) is 11.2 Å². The molecule has 0 amide bonds. The first-order valence-corrected chi connectivity index (χ1v) is 13.7. The molecule has 1 fully saturated rings. The van der Waals surface area contributed by atoms with E-state index in [4.69, 9.17) is 29.0 Å². The van der Waals surface area contributed by atoms with E-state index in [1.54, 1.807) is 70.2 Å². The van der Waals surface area contributed by atoms with Crippen LogP contribution in [0.1, 0.15) is 39.5 Å². The van der Waals surface area contributed by atoms with Crippen LogP contribution in [0.15, 0.2) is 48.8 Å². The van der Waals surface area contributed by atoms with Crippen molar-refractivity contribution >= 4 is 31.5 Å². The number of ether oxygens (including phenoxy) is 3. The van der Waals surface area contributed by atoms with Crippen molar-refractivity contribution in [3.8, 4) is 5.75 Å². The number of carbonyl (C=O) groups excluding carboxylic acids is 2. The lowest BCUT2D eigenvalue weighted by atomic mass is 9.95. The SMILES string of the molecule is CC(C)C(=O)O[C@H]1[C@H](c2ccc3c(N)ncnn23)O[C@](CF)(CO[P+](=O)Oc2ccccc2)[C@H]1OC(=O)C(C)C. The number of anilines is 1. The average molecular weight is 578 g/mol. The van der Waals surface area contributed by atoms with Gasteiger partial charge in [-0.1, -0.05) is 45.9 Å². The molecule has 1 aliphatic rings. The number of halogens is 1. The van der Waals surface area contributed by atoms with Crippen molar-refractivity contribution in [1.82, 2.24) is 14.6 Å². The second-order valence-corrected chi connectivity index (χ2v) is 10.8. The number of hydrogen-bond acceptors (Lipinski definition) is 11. The third-order valence-corrected chi connectivity index (χ3v) is 6.98. The Morgan fingerprint density at radius 3 is 2.42 bits per heavy atom. The van der Waals surface area contributed by atoms with Crippen LogP contribution in [0.25, 0.3) is 5.52 Å². The van der Waals surface area contributed by atoms with E-state index >= 15 is 4.39 Å². The molecule has 12 nitrogen and oxygen atoms in total. The largest absolute Gasteiger partial charge is 0.750 e. The summed E-state index contributed by atoms with van der Waals surface area (Å²) in [5, 5.41) is 4.21. The molecule has 1 aliphatic heterocycles. The van der Waals surface area contributed by atoms with Gasteiger partial charge in [0.05, 0.1) is 17.5 Å². The molecule has 40 heavy (non-hydrogen) atoms. The second-order valence-electron chi connectivity index (χ2n) is 9.91. The van der Waals surface area contributed by atoms with Crippen molar-refractivity contribution < 1.29 is 41.8 Å². The van der Waals surface area contributed by atoms with Crippen molar-refractivity contribution in [2.45, 2.75) is 51.6 Å². The zero-order chi connectivity index (χ0) is 29.0. The smallest absolute Gasteiger partial charge is 0.455 e. The predicted molar refractivity (Wildman–Crippen MR) is 140 cm³/mol. The van der Waals surface area contributed by atoms with Crippen molar-refractivity contribution in [2.24, 2.45) is 11.8 Å². The number of fused-ring (bicyclic) bond motifs is 1. The molecule has 2 N–H and O–H groups in total. The highest BCUT2D eigenvalue weighted by molar-refractivity contribution is 7.33. The van der Waals surface area contributed by atoms with Gasteiger partial charge in [0.15, 0.2) is 29.4 Å². The number of benzene rings is 1. The van der Waals surface area contributed by atoms with Crippen LogP contribution >= 0.6 is 8.25 Å². The number of nitrogens with zero attached hydrogens (tertiary/aromatic N) is 3. The normalized spacial score (nSPS) is 23.0. The van der Waals surface area contributed by atoms with Crippen LogP contribution in [-0.4, -0.2) is 57.6 Å². The summed E-state index contributed by atoms with van der Waals surface area (Å²) >= 11 is 0. The number of rotatable bonds is 11. The van der Waals surface area contributed by atoms with Gasteiger partial charge < -0.3 is 19.9 Å². The van der Waals surface area contributed by atoms with Crippen LogP contribution in [0.4, 0.5) is 10.2 Å². The van der Waals surface area contributed by atoms with Crippen LogP contribution in [0.5, 0.6) is 5.75 Å². The topological polar surface area (TPSA) is 154 Å². The van der Waals surface area contributed by atoms with Crippen molar-refractivity contribution in [3.05, 3.63) is 54.5 Å². The van der Waals surface area contributed by atoms with Gasteiger partial charge in [-0.3, -0.25) is 9.59 Å². The summed E-state index contributed by atoms with van der Waals surface area (Å²) in [6.07, 6.45) is -2.76. The lowest BCUT2D eigenvalue weighted by molar-refractivity contribution is -0.178. The van der Waals surface area contributed by atoms with Crippen molar-refractivity contribution in [1.29, 1.82) is 0 Å². The Morgan fingerprint density at radius 2 is 1.77 bits per heavy atom. The molecule has 214 valence electrons. The van der Waals surface area contributed by atoms with E-state index in [9.17, 15) is 14.2 Å². The highest BCUT2D eigenvalue weighted by Crippen LogP contribution is 2.46. The zero-order valence-electron chi connectivity index (χ0n) is 22.4. The molecule has 3 heterocycles. The fourth-order valence-electron chi connectivity index (χ4n) is 4.11. The number of aromatic nitrogens is 3. The van der Waals surface area contributed by atoms with Crippen LogP contribution in [0.3, 0.4) is 0 Å². The Balaban J connectivity index is 1.74. The maximum absolute atomic E-state index is 15.1. The number of alkyl halides is 1.